The zero-order valence-corrected chi connectivity index (χ0v) is 9.89. The van der Waals surface area contributed by atoms with E-state index in [0.717, 1.165) is 24.1 Å². The number of rotatable bonds is 2. The lowest BCUT2D eigenvalue weighted by atomic mass is 10.1. The molecule has 1 aromatic heterocycles. The van der Waals surface area contributed by atoms with E-state index in [9.17, 15) is 4.39 Å². The third kappa shape index (κ3) is 1.76. The lowest BCUT2D eigenvalue weighted by molar-refractivity contribution is 0.621. The first-order valence-corrected chi connectivity index (χ1v) is 5.82. The number of aryl methyl sites for hydroxylation is 1. The zero-order valence-electron chi connectivity index (χ0n) is 9.89. The van der Waals surface area contributed by atoms with E-state index in [-0.39, 0.29) is 5.56 Å². The summed E-state index contributed by atoms with van der Waals surface area (Å²) in [4.78, 5) is 0. The molecule has 2 aromatic rings. The normalized spacial score (nSPS) is 14.5. The molecule has 0 atom stereocenters. The smallest absolute Gasteiger partial charge is 0.141 e. The molecule has 1 aliphatic rings. The SMILES string of the molecule is Cc1cc(F)c(C#N)cc1-n1cc(C2CC2)nn1. The van der Waals surface area contributed by atoms with Gasteiger partial charge in [0.15, 0.2) is 0 Å². The molecule has 1 aromatic carbocycles. The molecule has 0 spiro atoms. The van der Waals surface area contributed by atoms with Crippen molar-refractivity contribution >= 4 is 0 Å². The number of halogens is 1. The molecule has 0 aliphatic heterocycles. The van der Waals surface area contributed by atoms with Crippen molar-refractivity contribution in [2.24, 2.45) is 0 Å². The van der Waals surface area contributed by atoms with E-state index >= 15 is 0 Å². The summed E-state index contributed by atoms with van der Waals surface area (Å²) in [5.41, 5.74) is 2.43. The van der Waals surface area contributed by atoms with E-state index in [2.05, 4.69) is 10.3 Å². The zero-order chi connectivity index (χ0) is 12.7. The number of hydrogen-bond donors (Lipinski definition) is 0. The van der Waals surface area contributed by atoms with Gasteiger partial charge in [0.25, 0.3) is 0 Å². The van der Waals surface area contributed by atoms with E-state index in [1.807, 2.05) is 12.3 Å². The van der Waals surface area contributed by atoms with E-state index < -0.39 is 5.82 Å². The topological polar surface area (TPSA) is 54.5 Å². The highest BCUT2D eigenvalue weighted by atomic mass is 19.1. The Morgan fingerprint density at radius 1 is 1.44 bits per heavy atom. The lowest BCUT2D eigenvalue weighted by Gasteiger charge is -2.05. The third-order valence-electron chi connectivity index (χ3n) is 3.16. The number of benzene rings is 1. The van der Waals surface area contributed by atoms with Crippen molar-refractivity contribution in [3.05, 3.63) is 41.0 Å². The molecule has 0 bridgehead atoms. The second kappa shape index (κ2) is 3.91. The summed E-state index contributed by atoms with van der Waals surface area (Å²) in [6, 6.07) is 4.70. The fourth-order valence-electron chi connectivity index (χ4n) is 1.95. The van der Waals surface area contributed by atoms with Crippen LogP contribution in [-0.4, -0.2) is 15.0 Å². The minimum absolute atomic E-state index is 0.0269. The molecule has 18 heavy (non-hydrogen) atoms. The Morgan fingerprint density at radius 3 is 2.89 bits per heavy atom. The van der Waals surface area contributed by atoms with E-state index in [1.165, 1.54) is 12.1 Å². The van der Waals surface area contributed by atoms with Crippen LogP contribution in [0.15, 0.2) is 18.3 Å². The van der Waals surface area contributed by atoms with E-state index in [1.54, 1.807) is 11.6 Å². The Hall–Kier alpha value is -2.22. The predicted octanol–water partition coefficient (Wildman–Crippen LogP) is 2.46. The lowest BCUT2D eigenvalue weighted by Crippen LogP contribution is -2.00. The molecule has 0 N–H and O–H groups in total. The average Bonchev–Trinajstić information content (AvgIpc) is 3.09. The monoisotopic (exact) mass is 242 g/mol. The highest BCUT2D eigenvalue weighted by Gasteiger charge is 2.26. The predicted molar refractivity (Wildman–Crippen MR) is 62.7 cm³/mol. The van der Waals surface area contributed by atoms with Crippen LogP contribution < -0.4 is 0 Å². The van der Waals surface area contributed by atoms with Crippen LogP contribution in [-0.2, 0) is 0 Å². The molecule has 0 amide bonds. The number of nitriles is 1. The van der Waals surface area contributed by atoms with Crippen molar-refractivity contribution in [1.82, 2.24) is 15.0 Å². The summed E-state index contributed by atoms with van der Waals surface area (Å²) in [6.45, 7) is 1.79. The largest absolute Gasteiger partial charge is 0.220 e. The van der Waals surface area contributed by atoms with Crippen LogP contribution in [0.2, 0.25) is 0 Å². The van der Waals surface area contributed by atoms with Crippen molar-refractivity contribution in [2.75, 3.05) is 0 Å². The van der Waals surface area contributed by atoms with E-state index in [4.69, 9.17) is 5.26 Å². The summed E-state index contributed by atoms with van der Waals surface area (Å²) in [5, 5.41) is 17.0. The molecule has 1 heterocycles. The molecule has 1 aliphatic carbocycles. The summed E-state index contributed by atoms with van der Waals surface area (Å²) in [7, 11) is 0. The third-order valence-corrected chi connectivity index (χ3v) is 3.16. The first-order valence-electron chi connectivity index (χ1n) is 5.82. The van der Waals surface area contributed by atoms with Gasteiger partial charge >= 0.3 is 0 Å². The van der Waals surface area contributed by atoms with Gasteiger partial charge in [0, 0.05) is 5.92 Å². The van der Waals surface area contributed by atoms with Crippen LogP contribution >= 0.6 is 0 Å². The quantitative estimate of drug-likeness (QED) is 0.812. The van der Waals surface area contributed by atoms with Gasteiger partial charge in [-0.15, -0.1) is 5.10 Å². The molecule has 90 valence electrons. The van der Waals surface area contributed by atoms with Crippen molar-refractivity contribution < 1.29 is 4.39 Å². The highest BCUT2D eigenvalue weighted by Crippen LogP contribution is 2.38. The van der Waals surface area contributed by atoms with Crippen molar-refractivity contribution in [1.29, 1.82) is 5.26 Å². The second-order valence-electron chi connectivity index (χ2n) is 4.59. The van der Waals surface area contributed by atoms with Gasteiger partial charge in [-0.1, -0.05) is 5.21 Å². The first kappa shape index (κ1) is 10.9. The maximum absolute atomic E-state index is 13.4. The molecule has 0 radical (unpaired) electrons. The number of aromatic nitrogens is 3. The maximum atomic E-state index is 13.4. The summed E-state index contributed by atoms with van der Waals surface area (Å²) in [6.07, 6.45) is 4.17. The fourth-order valence-corrected chi connectivity index (χ4v) is 1.95. The molecular formula is C13H11FN4. The van der Waals surface area contributed by atoms with E-state index in [0.29, 0.717) is 11.6 Å². The Labute approximate surface area is 104 Å². The van der Waals surface area contributed by atoms with Crippen LogP contribution in [0.1, 0.15) is 35.6 Å². The Balaban J connectivity index is 2.07. The van der Waals surface area contributed by atoms with Gasteiger partial charge in [-0.2, -0.15) is 5.26 Å². The average molecular weight is 242 g/mol. The van der Waals surface area contributed by atoms with Gasteiger partial charge in [-0.05, 0) is 37.5 Å². The minimum atomic E-state index is -0.499. The maximum Gasteiger partial charge on any atom is 0.141 e. The van der Waals surface area contributed by atoms with Crippen LogP contribution in [0, 0.1) is 24.1 Å². The van der Waals surface area contributed by atoms with Crippen molar-refractivity contribution in [3.63, 3.8) is 0 Å². The molecule has 1 saturated carbocycles. The Morgan fingerprint density at radius 2 is 2.22 bits per heavy atom. The van der Waals surface area contributed by atoms with Gasteiger partial charge in [-0.25, -0.2) is 9.07 Å². The Bertz CT molecular complexity index is 649. The number of nitrogens with zero attached hydrogens (tertiary/aromatic N) is 4. The molecule has 1 fully saturated rings. The van der Waals surface area contributed by atoms with Gasteiger partial charge in [0.05, 0.1) is 23.1 Å². The molecule has 3 rings (SSSR count). The molecule has 0 unspecified atom stereocenters. The Kier molecular flexibility index (Phi) is 2.37. The standard InChI is InChI=1S/C13H11FN4/c1-8-4-11(14)10(6-15)5-13(8)18-7-12(16-17-18)9-2-3-9/h4-5,7,9H,2-3H2,1H3. The molecule has 4 nitrogen and oxygen atoms in total. The van der Waals surface area contributed by atoms with Gasteiger partial charge in [-0.3, -0.25) is 0 Å². The number of hydrogen-bond acceptors (Lipinski definition) is 3. The van der Waals surface area contributed by atoms with Crippen LogP contribution in [0.25, 0.3) is 5.69 Å². The first-order chi connectivity index (χ1) is 8.69. The van der Waals surface area contributed by atoms with Gasteiger partial charge in [0.1, 0.15) is 11.9 Å². The summed E-state index contributed by atoms with van der Waals surface area (Å²) in [5.74, 6) is 0.0243. The molecular weight excluding hydrogens is 231 g/mol. The second-order valence-corrected chi connectivity index (χ2v) is 4.59. The van der Waals surface area contributed by atoms with Gasteiger partial charge in [0.2, 0.25) is 0 Å². The highest BCUT2D eigenvalue weighted by molar-refractivity contribution is 5.47. The van der Waals surface area contributed by atoms with Crippen LogP contribution in [0.4, 0.5) is 4.39 Å². The van der Waals surface area contributed by atoms with Crippen LogP contribution in [0.5, 0.6) is 0 Å². The summed E-state index contributed by atoms with van der Waals surface area (Å²) >= 11 is 0. The molecule has 5 heteroatoms. The molecule has 0 saturated heterocycles. The van der Waals surface area contributed by atoms with Crippen LogP contribution in [0.3, 0.4) is 0 Å². The van der Waals surface area contributed by atoms with Crippen molar-refractivity contribution in [3.8, 4) is 11.8 Å². The van der Waals surface area contributed by atoms with Crippen molar-refractivity contribution in [2.45, 2.75) is 25.7 Å². The minimum Gasteiger partial charge on any atom is -0.220 e. The summed E-state index contributed by atoms with van der Waals surface area (Å²) < 4.78 is 15.0. The van der Waals surface area contributed by atoms with Gasteiger partial charge < -0.3 is 0 Å². The fraction of sp³-hybridized carbons (Fsp3) is 0.308.